The highest BCUT2D eigenvalue weighted by atomic mass is 19.1. The van der Waals surface area contributed by atoms with Gasteiger partial charge >= 0.3 is 0 Å². The van der Waals surface area contributed by atoms with E-state index >= 15 is 4.39 Å². The molecule has 31 heavy (non-hydrogen) atoms. The van der Waals surface area contributed by atoms with Gasteiger partial charge in [0, 0.05) is 31.9 Å². The Kier molecular flexibility index (Phi) is 4.47. The minimum Gasteiger partial charge on any atom is -0.507 e. The Bertz CT molecular complexity index is 1210. The van der Waals surface area contributed by atoms with Gasteiger partial charge in [0.1, 0.15) is 11.9 Å². The highest BCUT2D eigenvalue weighted by Crippen LogP contribution is 2.40. The fourth-order valence-corrected chi connectivity index (χ4v) is 4.95. The maximum absolute atomic E-state index is 15.2. The Balaban J connectivity index is 1.45. The third-order valence-electron chi connectivity index (χ3n) is 6.86. The van der Waals surface area contributed by atoms with Gasteiger partial charge in [-0.25, -0.2) is 9.37 Å². The molecule has 0 saturated carbocycles. The Morgan fingerprint density at radius 1 is 1.35 bits per heavy atom. The number of nitrogens with zero attached hydrogens (tertiary/aromatic N) is 5. The van der Waals surface area contributed by atoms with Gasteiger partial charge in [-0.15, -0.1) is 10.2 Å². The molecule has 1 unspecified atom stereocenters. The first-order chi connectivity index (χ1) is 14.8. The van der Waals surface area contributed by atoms with Gasteiger partial charge in [-0.05, 0) is 49.8 Å². The molecule has 2 saturated heterocycles. The zero-order chi connectivity index (χ0) is 21.9. The summed E-state index contributed by atoms with van der Waals surface area (Å²) in [4.78, 5) is 18.5. The number of hydrogen-bond acceptors (Lipinski definition) is 7. The molecule has 0 radical (unpaired) electrons. The van der Waals surface area contributed by atoms with Crippen LogP contribution in [0.15, 0.2) is 35.4 Å². The summed E-state index contributed by atoms with van der Waals surface area (Å²) in [6, 6.07) is 4.91. The van der Waals surface area contributed by atoms with E-state index in [0.29, 0.717) is 34.6 Å². The van der Waals surface area contributed by atoms with Crippen LogP contribution in [0.4, 0.5) is 10.2 Å². The first-order valence-electron chi connectivity index (χ1n) is 10.4. The number of benzene rings is 1. The molecule has 5 rings (SSSR count). The second-order valence-corrected chi connectivity index (χ2v) is 8.94. The molecule has 2 N–H and O–H groups in total. The number of fused-ring (bicyclic) bond motifs is 3. The largest absolute Gasteiger partial charge is 0.507 e. The summed E-state index contributed by atoms with van der Waals surface area (Å²) >= 11 is 0. The monoisotopic (exact) mass is 424 g/mol. The van der Waals surface area contributed by atoms with Crippen molar-refractivity contribution in [3.63, 3.8) is 0 Å². The average Bonchev–Trinajstić information content (AvgIpc) is 3.10. The molecule has 8 nitrogen and oxygen atoms in total. The second kappa shape index (κ2) is 6.98. The van der Waals surface area contributed by atoms with Crippen molar-refractivity contribution in [3.8, 4) is 17.1 Å². The van der Waals surface area contributed by atoms with E-state index in [9.17, 15) is 9.90 Å². The van der Waals surface area contributed by atoms with Gasteiger partial charge in [0.25, 0.3) is 5.56 Å². The van der Waals surface area contributed by atoms with Crippen molar-refractivity contribution in [2.24, 2.45) is 7.05 Å². The van der Waals surface area contributed by atoms with Crippen molar-refractivity contribution in [2.45, 2.75) is 50.0 Å². The standard InChI is InChI=1S/C22H25FN6O2/c1-22-6-4-13(25-22)9-16(19(22)23)29(3)18-11-24-20(27-26-18)15-8-12-5-7-28(2)21(31)14(12)10-17(15)30/h5,7-8,10-11,13,16,19,25,30H,4,6,9H2,1-3H3/t13?,16-,19-,22+/m1/s1. The third-order valence-corrected chi connectivity index (χ3v) is 6.86. The smallest absolute Gasteiger partial charge is 0.258 e. The lowest BCUT2D eigenvalue weighted by Gasteiger charge is -2.43. The van der Waals surface area contributed by atoms with Crippen molar-refractivity contribution >= 4 is 16.6 Å². The Morgan fingerprint density at radius 2 is 2.16 bits per heavy atom. The van der Waals surface area contributed by atoms with E-state index in [2.05, 4.69) is 20.5 Å². The third kappa shape index (κ3) is 3.15. The fourth-order valence-electron chi connectivity index (χ4n) is 4.95. The normalized spacial score (nSPS) is 27.5. The van der Waals surface area contributed by atoms with E-state index in [1.165, 1.54) is 10.6 Å². The van der Waals surface area contributed by atoms with Gasteiger partial charge in [-0.3, -0.25) is 4.79 Å². The summed E-state index contributed by atoms with van der Waals surface area (Å²) < 4.78 is 16.7. The van der Waals surface area contributed by atoms with E-state index < -0.39 is 11.7 Å². The molecular formula is C22H25FN6O2. The van der Waals surface area contributed by atoms with Crippen molar-refractivity contribution in [1.29, 1.82) is 0 Å². The topological polar surface area (TPSA) is 96.2 Å². The van der Waals surface area contributed by atoms with E-state index in [-0.39, 0.29) is 23.2 Å². The van der Waals surface area contributed by atoms with Crippen molar-refractivity contribution < 1.29 is 9.50 Å². The van der Waals surface area contributed by atoms with Crippen LogP contribution in [0.5, 0.6) is 5.75 Å². The number of pyridine rings is 1. The SMILES string of the molecule is CN(c1cnc(-c2cc3ccn(C)c(=O)c3cc2O)nn1)[C@@H]1CC2CC[C@](C)(N2)[C@@H]1F. The number of anilines is 1. The van der Waals surface area contributed by atoms with Gasteiger partial charge in [0.15, 0.2) is 11.6 Å². The summed E-state index contributed by atoms with van der Waals surface area (Å²) in [5.74, 6) is 0.632. The summed E-state index contributed by atoms with van der Waals surface area (Å²) in [5.41, 5.74) is -0.310. The van der Waals surface area contributed by atoms with Crippen LogP contribution in [0.3, 0.4) is 0 Å². The number of halogens is 1. The van der Waals surface area contributed by atoms with Crippen LogP contribution in [0.25, 0.3) is 22.2 Å². The van der Waals surface area contributed by atoms with E-state index in [1.807, 2.05) is 18.9 Å². The number of phenols is 1. The Hall–Kier alpha value is -3.07. The van der Waals surface area contributed by atoms with Crippen LogP contribution in [0.2, 0.25) is 0 Å². The van der Waals surface area contributed by atoms with Gasteiger partial charge in [-0.1, -0.05) is 0 Å². The summed E-state index contributed by atoms with van der Waals surface area (Å²) in [5, 5.41) is 23.4. The first kappa shape index (κ1) is 19.9. The highest BCUT2D eigenvalue weighted by Gasteiger charge is 2.51. The van der Waals surface area contributed by atoms with Gasteiger partial charge in [-0.2, -0.15) is 0 Å². The predicted octanol–water partition coefficient (Wildman–Crippen LogP) is 2.15. The van der Waals surface area contributed by atoms with Gasteiger partial charge < -0.3 is 19.9 Å². The minimum absolute atomic E-state index is 0.0922. The summed E-state index contributed by atoms with van der Waals surface area (Å²) in [6.07, 6.45) is 4.71. The molecule has 0 aliphatic carbocycles. The number of alkyl halides is 1. The molecule has 4 heterocycles. The van der Waals surface area contributed by atoms with Crippen molar-refractivity contribution in [1.82, 2.24) is 25.1 Å². The number of nitrogens with one attached hydrogen (secondary N) is 1. The molecule has 2 aromatic heterocycles. The number of aryl methyl sites for hydroxylation is 1. The number of phenolic OH excluding ortho intramolecular Hbond substituents is 1. The zero-order valence-electron chi connectivity index (χ0n) is 17.7. The van der Waals surface area contributed by atoms with Crippen LogP contribution in [-0.2, 0) is 7.05 Å². The van der Waals surface area contributed by atoms with Gasteiger partial charge in [0.05, 0.1) is 23.2 Å². The molecule has 1 aromatic carbocycles. The Morgan fingerprint density at radius 3 is 2.90 bits per heavy atom. The lowest BCUT2D eigenvalue weighted by Crippen LogP contribution is -2.62. The highest BCUT2D eigenvalue weighted by molar-refractivity contribution is 5.88. The van der Waals surface area contributed by atoms with E-state index in [1.54, 1.807) is 31.6 Å². The quantitative estimate of drug-likeness (QED) is 0.665. The second-order valence-electron chi connectivity index (χ2n) is 8.94. The van der Waals surface area contributed by atoms with Crippen LogP contribution in [0, 0.1) is 0 Å². The summed E-state index contributed by atoms with van der Waals surface area (Å²) in [6.45, 7) is 1.94. The molecule has 4 atom stereocenters. The first-order valence-corrected chi connectivity index (χ1v) is 10.4. The van der Waals surface area contributed by atoms with Crippen LogP contribution < -0.4 is 15.8 Å². The molecule has 3 aromatic rings. The molecule has 2 aliphatic rings. The number of aromatic hydroxyl groups is 1. The number of rotatable bonds is 3. The maximum atomic E-state index is 15.2. The van der Waals surface area contributed by atoms with Crippen LogP contribution in [0.1, 0.15) is 26.2 Å². The molecule has 2 aliphatic heterocycles. The number of aromatic nitrogens is 4. The number of piperidine rings is 1. The van der Waals surface area contributed by atoms with E-state index in [4.69, 9.17) is 0 Å². The van der Waals surface area contributed by atoms with Gasteiger partial charge in [0.2, 0.25) is 0 Å². The number of hydrogen-bond donors (Lipinski definition) is 2. The lowest BCUT2D eigenvalue weighted by atomic mass is 9.86. The molecule has 2 bridgehead atoms. The molecule has 0 amide bonds. The van der Waals surface area contributed by atoms with Crippen LogP contribution >= 0.6 is 0 Å². The average molecular weight is 424 g/mol. The summed E-state index contributed by atoms with van der Waals surface area (Å²) in [7, 11) is 3.48. The maximum Gasteiger partial charge on any atom is 0.258 e. The van der Waals surface area contributed by atoms with E-state index in [0.717, 1.165) is 12.8 Å². The molecular weight excluding hydrogens is 399 g/mol. The molecule has 162 valence electrons. The molecule has 0 spiro atoms. The molecule has 2 fully saturated rings. The lowest BCUT2D eigenvalue weighted by molar-refractivity contribution is 0.111. The van der Waals surface area contributed by atoms with Crippen LogP contribution in [-0.4, -0.2) is 55.7 Å². The minimum atomic E-state index is -1.02. The zero-order valence-corrected chi connectivity index (χ0v) is 17.7. The predicted molar refractivity (Wildman–Crippen MR) is 116 cm³/mol. The molecule has 9 heteroatoms. The fraction of sp³-hybridized carbons (Fsp3) is 0.455. The van der Waals surface area contributed by atoms with Crippen molar-refractivity contribution in [3.05, 3.63) is 40.9 Å². The van der Waals surface area contributed by atoms with Crippen molar-refractivity contribution in [2.75, 3.05) is 11.9 Å². The Labute approximate surface area is 178 Å².